The summed E-state index contributed by atoms with van der Waals surface area (Å²) in [5.74, 6) is 2.73. The van der Waals surface area contributed by atoms with E-state index in [0.29, 0.717) is 25.0 Å². The van der Waals surface area contributed by atoms with E-state index in [0.717, 1.165) is 79.1 Å². The lowest BCUT2D eigenvalue weighted by Gasteiger charge is -2.11. The summed E-state index contributed by atoms with van der Waals surface area (Å²) in [5.41, 5.74) is 4.04. The van der Waals surface area contributed by atoms with Crippen LogP contribution in [0.2, 0.25) is 0 Å². The van der Waals surface area contributed by atoms with Gasteiger partial charge >= 0.3 is 0 Å². The number of nitrogens with zero attached hydrogens (tertiary/aromatic N) is 4. The fourth-order valence-electron chi connectivity index (χ4n) is 4.03. The minimum Gasteiger partial charge on any atom is -0.478 e. The van der Waals surface area contributed by atoms with Crippen LogP contribution in [0.25, 0.3) is 22.8 Å². The fraction of sp³-hybridized carbons (Fsp3) is 0.355. The van der Waals surface area contributed by atoms with Crippen molar-refractivity contribution in [3.05, 3.63) is 84.2 Å². The van der Waals surface area contributed by atoms with Gasteiger partial charge in [0.25, 0.3) is 0 Å². The topological polar surface area (TPSA) is 70.0 Å². The second-order valence-electron chi connectivity index (χ2n) is 9.03. The van der Waals surface area contributed by atoms with Gasteiger partial charge in [-0.3, -0.25) is 0 Å². The molecular formula is C31H36N4O2. The highest BCUT2D eigenvalue weighted by Crippen LogP contribution is 2.21. The predicted octanol–water partition coefficient (Wildman–Crippen LogP) is 7.13. The molecule has 0 fully saturated rings. The van der Waals surface area contributed by atoms with Crippen LogP contribution in [0.15, 0.2) is 72.8 Å². The highest BCUT2D eigenvalue weighted by Gasteiger charge is 2.09. The highest BCUT2D eigenvalue weighted by atomic mass is 16.5. The maximum absolute atomic E-state index is 6.01. The van der Waals surface area contributed by atoms with Gasteiger partial charge in [0.2, 0.25) is 11.8 Å². The number of hydrogen-bond acceptors (Lipinski definition) is 6. The Morgan fingerprint density at radius 2 is 0.973 bits per heavy atom. The summed E-state index contributed by atoms with van der Waals surface area (Å²) in [6.07, 6.45) is 6.73. The molecule has 0 amide bonds. The monoisotopic (exact) mass is 496 g/mol. The van der Waals surface area contributed by atoms with E-state index >= 15 is 0 Å². The molecule has 2 aromatic carbocycles. The van der Waals surface area contributed by atoms with Gasteiger partial charge in [0, 0.05) is 34.6 Å². The molecule has 192 valence electrons. The summed E-state index contributed by atoms with van der Waals surface area (Å²) in [5, 5.41) is 0. The molecule has 2 heterocycles. The Bertz CT molecular complexity index is 1140. The van der Waals surface area contributed by atoms with Gasteiger partial charge in [-0.2, -0.15) is 9.97 Å². The van der Waals surface area contributed by atoms with Crippen molar-refractivity contribution in [1.29, 1.82) is 0 Å². The maximum Gasteiger partial charge on any atom is 0.217 e. The third kappa shape index (κ3) is 8.10. The average Bonchev–Trinajstić information content (AvgIpc) is 2.94. The SMILES string of the molecule is CCCc1cc(OCCCCCOc2cc(CCC)nc(-c3ccccc3)n2)nc(-c2ccccc2)n1. The van der Waals surface area contributed by atoms with Gasteiger partial charge in [0.05, 0.1) is 13.2 Å². The van der Waals surface area contributed by atoms with Crippen molar-refractivity contribution in [3.8, 4) is 34.5 Å². The number of ether oxygens (including phenoxy) is 2. The molecule has 4 aromatic rings. The number of hydrogen-bond donors (Lipinski definition) is 0. The van der Waals surface area contributed by atoms with Crippen molar-refractivity contribution in [2.45, 2.75) is 58.8 Å². The van der Waals surface area contributed by atoms with E-state index in [1.807, 2.05) is 72.8 Å². The first-order valence-electron chi connectivity index (χ1n) is 13.4. The number of aryl methyl sites for hydroxylation is 2. The van der Waals surface area contributed by atoms with Gasteiger partial charge in [0.1, 0.15) is 0 Å². The second-order valence-corrected chi connectivity index (χ2v) is 9.03. The number of aromatic nitrogens is 4. The molecule has 0 N–H and O–H groups in total. The van der Waals surface area contributed by atoms with Gasteiger partial charge in [-0.1, -0.05) is 87.4 Å². The lowest BCUT2D eigenvalue weighted by atomic mass is 10.2. The first kappa shape index (κ1) is 26.3. The van der Waals surface area contributed by atoms with Crippen LogP contribution in [-0.2, 0) is 12.8 Å². The Kier molecular flexibility index (Phi) is 9.99. The van der Waals surface area contributed by atoms with Crippen molar-refractivity contribution < 1.29 is 9.47 Å². The molecule has 0 radical (unpaired) electrons. The number of benzene rings is 2. The quantitative estimate of drug-likeness (QED) is 0.173. The molecule has 0 aliphatic rings. The Morgan fingerprint density at radius 1 is 0.541 bits per heavy atom. The van der Waals surface area contributed by atoms with Gasteiger partial charge in [0.15, 0.2) is 11.6 Å². The van der Waals surface area contributed by atoms with E-state index in [2.05, 4.69) is 23.8 Å². The van der Waals surface area contributed by atoms with E-state index in [9.17, 15) is 0 Å². The van der Waals surface area contributed by atoms with Crippen molar-refractivity contribution in [3.63, 3.8) is 0 Å². The standard InChI is InChI=1S/C31H36N4O2/c1-3-14-26-22-28(34-30(32-26)24-16-8-5-9-17-24)36-20-12-7-13-21-37-29-23-27(15-4-2)33-31(35-29)25-18-10-6-11-19-25/h5-6,8-11,16-19,22-23H,3-4,7,12-15,20-21H2,1-2H3. The van der Waals surface area contributed by atoms with Gasteiger partial charge in [-0.15, -0.1) is 0 Å². The minimum absolute atomic E-state index is 0.614. The molecule has 0 atom stereocenters. The fourth-order valence-corrected chi connectivity index (χ4v) is 4.03. The summed E-state index contributed by atoms with van der Waals surface area (Å²) in [6.45, 7) is 5.54. The summed E-state index contributed by atoms with van der Waals surface area (Å²) < 4.78 is 12.0. The molecule has 0 saturated carbocycles. The summed E-state index contributed by atoms with van der Waals surface area (Å²) in [7, 11) is 0. The first-order chi connectivity index (χ1) is 18.2. The van der Waals surface area contributed by atoms with E-state index < -0.39 is 0 Å². The normalized spacial score (nSPS) is 10.9. The molecule has 0 bridgehead atoms. The zero-order valence-corrected chi connectivity index (χ0v) is 21.9. The molecule has 6 nitrogen and oxygen atoms in total. The molecule has 0 aliphatic heterocycles. The molecule has 0 aliphatic carbocycles. The summed E-state index contributed by atoms with van der Waals surface area (Å²) >= 11 is 0. The first-order valence-corrected chi connectivity index (χ1v) is 13.4. The predicted molar refractivity (Wildman–Crippen MR) is 148 cm³/mol. The summed E-state index contributed by atoms with van der Waals surface area (Å²) in [4.78, 5) is 18.7. The van der Waals surface area contributed by atoms with Crippen LogP contribution >= 0.6 is 0 Å². The van der Waals surface area contributed by atoms with E-state index in [1.54, 1.807) is 0 Å². The van der Waals surface area contributed by atoms with E-state index in [-0.39, 0.29) is 0 Å². The lowest BCUT2D eigenvalue weighted by molar-refractivity contribution is 0.269. The number of rotatable bonds is 14. The minimum atomic E-state index is 0.614. The highest BCUT2D eigenvalue weighted by molar-refractivity contribution is 5.56. The van der Waals surface area contributed by atoms with Crippen LogP contribution < -0.4 is 9.47 Å². The van der Waals surface area contributed by atoms with Crippen LogP contribution in [0.4, 0.5) is 0 Å². The van der Waals surface area contributed by atoms with Crippen LogP contribution in [0, 0.1) is 0 Å². The van der Waals surface area contributed by atoms with Gasteiger partial charge in [-0.05, 0) is 32.1 Å². The molecule has 6 heteroatoms. The van der Waals surface area contributed by atoms with Crippen LogP contribution in [0.3, 0.4) is 0 Å². The lowest BCUT2D eigenvalue weighted by Crippen LogP contribution is -2.05. The molecular weight excluding hydrogens is 460 g/mol. The molecule has 2 aromatic heterocycles. The van der Waals surface area contributed by atoms with Crippen molar-refractivity contribution in [1.82, 2.24) is 19.9 Å². The van der Waals surface area contributed by atoms with Gasteiger partial charge < -0.3 is 9.47 Å². The molecule has 0 saturated heterocycles. The van der Waals surface area contributed by atoms with Crippen molar-refractivity contribution in [2.24, 2.45) is 0 Å². The largest absolute Gasteiger partial charge is 0.478 e. The van der Waals surface area contributed by atoms with Crippen LogP contribution in [0.1, 0.15) is 57.3 Å². The van der Waals surface area contributed by atoms with Crippen LogP contribution in [-0.4, -0.2) is 33.1 Å². The molecule has 37 heavy (non-hydrogen) atoms. The van der Waals surface area contributed by atoms with Crippen molar-refractivity contribution >= 4 is 0 Å². The Hall–Kier alpha value is -3.80. The summed E-state index contributed by atoms with van der Waals surface area (Å²) in [6, 6.07) is 24.0. The molecule has 4 rings (SSSR count). The Labute approximate surface area is 220 Å². The third-order valence-electron chi connectivity index (χ3n) is 5.88. The van der Waals surface area contributed by atoms with Gasteiger partial charge in [-0.25, -0.2) is 9.97 Å². The second kappa shape index (κ2) is 14.1. The Balaban J connectivity index is 1.26. The van der Waals surface area contributed by atoms with Crippen LogP contribution in [0.5, 0.6) is 11.8 Å². The number of unbranched alkanes of at least 4 members (excludes halogenated alkanes) is 2. The molecule has 0 spiro atoms. The van der Waals surface area contributed by atoms with E-state index in [1.165, 1.54) is 0 Å². The zero-order valence-electron chi connectivity index (χ0n) is 21.9. The smallest absolute Gasteiger partial charge is 0.217 e. The third-order valence-corrected chi connectivity index (χ3v) is 5.88. The Morgan fingerprint density at radius 3 is 1.38 bits per heavy atom. The zero-order chi connectivity index (χ0) is 25.7. The average molecular weight is 497 g/mol. The maximum atomic E-state index is 6.01. The molecule has 0 unspecified atom stereocenters. The van der Waals surface area contributed by atoms with E-state index in [4.69, 9.17) is 19.4 Å². The van der Waals surface area contributed by atoms with Crippen molar-refractivity contribution in [2.75, 3.05) is 13.2 Å².